The van der Waals surface area contributed by atoms with Crippen molar-refractivity contribution in [2.45, 2.75) is 56.7 Å². The molecule has 3 heteroatoms. The summed E-state index contributed by atoms with van der Waals surface area (Å²) in [6.45, 7) is 0.732. The molecule has 0 amide bonds. The third kappa shape index (κ3) is 4.58. The monoisotopic (exact) mass is 315 g/mol. The fourth-order valence-electron chi connectivity index (χ4n) is 3.78. The van der Waals surface area contributed by atoms with Gasteiger partial charge in [0.05, 0.1) is 18.8 Å². The molecule has 2 fully saturated rings. The standard InChI is InChI=1S/C20H29NO2/c1-22-20-13-12-19(23-14-20)11-4-15-2-5-16(6-3-15)17-7-9-18(21)10-8-17/h4,7-11,15-16,19-20H,2-3,5-6,12-14,21H2,1H3/b11-4+. The molecule has 0 spiro atoms. The molecule has 0 aromatic heterocycles. The summed E-state index contributed by atoms with van der Waals surface area (Å²) in [4.78, 5) is 0. The second kappa shape index (κ2) is 7.98. The van der Waals surface area contributed by atoms with E-state index in [2.05, 4.69) is 24.3 Å². The lowest BCUT2D eigenvalue weighted by Crippen LogP contribution is -2.29. The second-order valence-corrected chi connectivity index (χ2v) is 6.97. The van der Waals surface area contributed by atoms with Gasteiger partial charge in [0, 0.05) is 12.8 Å². The molecular weight excluding hydrogens is 286 g/mol. The first kappa shape index (κ1) is 16.5. The molecule has 0 radical (unpaired) electrons. The summed E-state index contributed by atoms with van der Waals surface area (Å²) < 4.78 is 11.2. The van der Waals surface area contributed by atoms with Gasteiger partial charge in [-0.2, -0.15) is 0 Å². The quantitative estimate of drug-likeness (QED) is 0.666. The molecule has 2 atom stereocenters. The van der Waals surface area contributed by atoms with Crippen LogP contribution >= 0.6 is 0 Å². The minimum Gasteiger partial charge on any atom is -0.399 e. The number of allylic oxidation sites excluding steroid dienone is 1. The normalized spacial score (nSPS) is 32.2. The predicted molar refractivity (Wildman–Crippen MR) is 94.5 cm³/mol. The lowest BCUT2D eigenvalue weighted by Gasteiger charge is -2.29. The molecule has 23 heavy (non-hydrogen) atoms. The van der Waals surface area contributed by atoms with Crippen LogP contribution in [0.15, 0.2) is 36.4 Å². The van der Waals surface area contributed by atoms with Crippen LogP contribution in [0, 0.1) is 5.92 Å². The van der Waals surface area contributed by atoms with Crippen LogP contribution in [0.5, 0.6) is 0 Å². The molecular formula is C20H29NO2. The van der Waals surface area contributed by atoms with Crippen LogP contribution in [0.4, 0.5) is 5.69 Å². The number of hydrogen-bond donors (Lipinski definition) is 1. The second-order valence-electron chi connectivity index (χ2n) is 6.97. The minimum atomic E-state index is 0.287. The van der Waals surface area contributed by atoms with Gasteiger partial charge < -0.3 is 15.2 Å². The summed E-state index contributed by atoms with van der Waals surface area (Å²) in [5.74, 6) is 1.41. The summed E-state index contributed by atoms with van der Waals surface area (Å²) in [7, 11) is 1.77. The Hall–Kier alpha value is -1.32. The van der Waals surface area contributed by atoms with Gasteiger partial charge in [-0.05, 0) is 68.1 Å². The summed E-state index contributed by atoms with van der Waals surface area (Å²) in [6.07, 6.45) is 12.6. The third-order valence-electron chi connectivity index (χ3n) is 5.38. The van der Waals surface area contributed by atoms with Gasteiger partial charge >= 0.3 is 0 Å². The first-order valence-corrected chi connectivity index (χ1v) is 8.92. The zero-order chi connectivity index (χ0) is 16.1. The molecule has 1 aliphatic carbocycles. The lowest BCUT2D eigenvalue weighted by atomic mass is 9.78. The number of nitrogen functional groups attached to an aromatic ring is 1. The maximum Gasteiger partial charge on any atom is 0.0806 e. The van der Waals surface area contributed by atoms with E-state index in [0.717, 1.165) is 25.1 Å². The Labute approximate surface area is 139 Å². The van der Waals surface area contributed by atoms with Crippen LogP contribution in [-0.4, -0.2) is 25.9 Å². The van der Waals surface area contributed by atoms with E-state index in [-0.39, 0.29) is 12.2 Å². The predicted octanol–water partition coefficient (Wildman–Crippen LogP) is 4.29. The van der Waals surface area contributed by atoms with Gasteiger partial charge in [0.2, 0.25) is 0 Å². The minimum absolute atomic E-state index is 0.287. The van der Waals surface area contributed by atoms with E-state index in [1.807, 2.05) is 12.1 Å². The zero-order valence-corrected chi connectivity index (χ0v) is 14.1. The highest BCUT2D eigenvalue weighted by molar-refractivity contribution is 5.40. The molecule has 3 nitrogen and oxygen atoms in total. The molecule has 1 aliphatic heterocycles. The Kier molecular flexibility index (Phi) is 5.74. The van der Waals surface area contributed by atoms with E-state index in [4.69, 9.17) is 15.2 Å². The first-order chi connectivity index (χ1) is 11.2. The van der Waals surface area contributed by atoms with Crippen LogP contribution in [0.2, 0.25) is 0 Å². The van der Waals surface area contributed by atoms with Gasteiger partial charge in [-0.25, -0.2) is 0 Å². The first-order valence-electron chi connectivity index (χ1n) is 8.92. The van der Waals surface area contributed by atoms with Crippen molar-refractivity contribution in [2.75, 3.05) is 19.5 Å². The van der Waals surface area contributed by atoms with Gasteiger partial charge in [-0.15, -0.1) is 0 Å². The van der Waals surface area contributed by atoms with Crippen LogP contribution < -0.4 is 5.73 Å². The lowest BCUT2D eigenvalue weighted by molar-refractivity contribution is -0.0545. The van der Waals surface area contributed by atoms with E-state index in [0.29, 0.717) is 11.8 Å². The smallest absolute Gasteiger partial charge is 0.0806 e. The molecule has 0 bridgehead atoms. The Morgan fingerprint density at radius 1 is 1.00 bits per heavy atom. The van der Waals surface area contributed by atoms with Crippen LogP contribution in [0.3, 0.4) is 0 Å². The van der Waals surface area contributed by atoms with Gasteiger partial charge in [-0.3, -0.25) is 0 Å². The molecule has 2 unspecified atom stereocenters. The Balaban J connectivity index is 1.44. The summed E-state index contributed by atoms with van der Waals surface area (Å²) in [5.41, 5.74) is 8.08. The SMILES string of the molecule is COC1CCC(/C=C/C2CCC(c3ccc(N)cc3)CC2)OC1. The maximum absolute atomic E-state index is 5.85. The van der Waals surface area contributed by atoms with E-state index >= 15 is 0 Å². The highest BCUT2D eigenvalue weighted by Gasteiger charge is 2.22. The van der Waals surface area contributed by atoms with Gasteiger partial charge in [0.1, 0.15) is 0 Å². The average molecular weight is 315 g/mol. The van der Waals surface area contributed by atoms with E-state index in [9.17, 15) is 0 Å². The number of benzene rings is 1. The van der Waals surface area contributed by atoms with Crippen molar-refractivity contribution < 1.29 is 9.47 Å². The van der Waals surface area contributed by atoms with Crippen molar-refractivity contribution in [3.05, 3.63) is 42.0 Å². The number of nitrogens with two attached hydrogens (primary N) is 1. The highest BCUT2D eigenvalue weighted by atomic mass is 16.5. The van der Waals surface area contributed by atoms with Crippen LogP contribution in [-0.2, 0) is 9.47 Å². The number of ether oxygens (including phenoxy) is 2. The molecule has 1 aromatic carbocycles. The zero-order valence-electron chi connectivity index (χ0n) is 14.1. The van der Waals surface area contributed by atoms with Crippen molar-refractivity contribution >= 4 is 5.69 Å². The fraction of sp³-hybridized carbons (Fsp3) is 0.600. The summed E-state index contributed by atoms with van der Waals surface area (Å²) >= 11 is 0. The number of hydrogen-bond acceptors (Lipinski definition) is 3. The molecule has 126 valence electrons. The molecule has 2 N–H and O–H groups in total. The average Bonchev–Trinajstić information content (AvgIpc) is 2.61. The number of rotatable bonds is 4. The molecule has 1 aromatic rings. The maximum atomic E-state index is 5.85. The highest BCUT2D eigenvalue weighted by Crippen LogP contribution is 2.36. The third-order valence-corrected chi connectivity index (χ3v) is 5.38. The van der Waals surface area contributed by atoms with E-state index in [1.165, 1.54) is 31.2 Å². The summed E-state index contributed by atoms with van der Waals surface area (Å²) in [6, 6.07) is 8.43. The van der Waals surface area contributed by atoms with Crippen molar-refractivity contribution in [3.63, 3.8) is 0 Å². The Morgan fingerprint density at radius 3 is 2.35 bits per heavy atom. The fourth-order valence-corrected chi connectivity index (χ4v) is 3.78. The topological polar surface area (TPSA) is 44.5 Å². The molecule has 2 aliphatic rings. The van der Waals surface area contributed by atoms with Gasteiger partial charge in [0.15, 0.2) is 0 Å². The summed E-state index contributed by atoms with van der Waals surface area (Å²) in [5, 5.41) is 0. The van der Waals surface area contributed by atoms with E-state index in [1.54, 1.807) is 7.11 Å². The molecule has 1 saturated heterocycles. The van der Waals surface area contributed by atoms with Gasteiger partial charge in [0.25, 0.3) is 0 Å². The van der Waals surface area contributed by atoms with Crippen molar-refractivity contribution in [3.8, 4) is 0 Å². The van der Waals surface area contributed by atoms with Crippen molar-refractivity contribution in [1.29, 1.82) is 0 Å². The number of methoxy groups -OCH3 is 1. The van der Waals surface area contributed by atoms with Gasteiger partial charge in [-0.1, -0.05) is 24.3 Å². The largest absolute Gasteiger partial charge is 0.399 e. The molecule has 1 saturated carbocycles. The van der Waals surface area contributed by atoms with Crippen LogP contribution in [0.25, 0.3) is 0 Å². The Morgan fingerprint density at radius 2 is 1.74 bits per heavy atom. The molecule has 3 rings (SSSR count). The molecule has 1 heterocycles. The van der Waals surface area contributed by atoms with Crippen molar-refractivity contribution in [2.24, 2.45) is 5.92 Å². The Bertz CT molecular complexity index is 495. The van der Waals surface area contributed by atoms with E-state index < -0.39 is 0 Å². The van der Waals surface area contributed by atoms with Crippen LogP contribution in [0.1, 0.15) is 50.0 Å². The number of anilines is 1. The van der Waals surface area contributed by atoms with Crippen molar-refractivity contribution in [1.82, 2.24) is 0 Å².